The quantitative estimate of drug-likeness (QED) is 0.239. The maximum Gasteiger partial charge on any atom is 0.191 e. The monoisotopic (exact) mass is 491 g/mol. The molecular weight excluding hydrogens is 453 g/mol. The number of nitrogens with one attached hydrogen (secondary N) is 2. The number of hydrogen-bond donors (Lipinski definition) is 2. The van der Waals surface area contributed by atoms with Crippen LogP contribution in [0.3, 0.4) is 0 Å². The lowest BCUT2D eigenvalue weighted by Gasteiger charge is -2.30. The predicted octanol–water partition coefficient (Wildman–Crippen LogP) is 3.59. The van der Waals surface area contributed by atoms with Crippen LogP contribution in [-0.2, 0) is 19.4 Å². The minimum absolute atomic E-state index is 0. The van der Waals surface area contributed by atoms with Gasteiger partial charge in [0.05, 0.1) is 5.69 Å². The molecule has 1 unspecified atom stereocenters. The summed E-state index contributed by atoms with van der Waals surface area (Å²) in [6.07, 6.45) is 6.92. The molecule has 1 aromatic rings. The Bertz CT molecular complexity index is 539. The number of guanidine groups is 1. The Morgan fingerprint density at radius 2 is 2.07 bits per heavy atom. The van der Waals surface area contributed by atoms with Gasteiger partial charge in [-0.25, -0.2) is 0 Å². The van der Waals surface area contributed by atoms with Crippen LogP contribution < -0.4 is 10.6 Å². The van der Waals surface area contributed by atoms with E-state index in [0.717, 1.165) is 42.7 Å². The van der Waals surface area contributed by atoms with E-state index < -0.39 is 0 Å². The van der Waals surface area contributed by atoms with Gasteiger partial charge in [0, 0.05) is 38.7 Å². The molecule has 7 heteroatoms. The second-order valence-electron chi connectivity index (χ2n) is 7.35. The first-order chi connectivity index (χ1) is 12.7. The minimum atomic E-state index is 0. The maximum absolute atomic E-state index is 5.43. The summed E-state index contributed by atoms with van der Waals surface area (Å²) in [6, 6.07) is 0. The van der Waals surface area contributed by atoms with Gasteiger partial charge in [-0.1, -0.05) is 25.9 Å². The highest BCUT2D eigenvalue weighted by atomic mass is 127. The number of halogens is 1. The molecule has 0 spiro atoms. The number of hydrogen-bond acceptors (Lipinski definition) is 4. The Balaban J connectivity index is 0.00000364. The van der Waals surface area contributed by atoms with E-state index in [2.05, 4.69) is 46.5 Å². The van der Waals surface area contributed by atoms with Crippen LogP contribution in [-0.4, -0.2) is 49.2 Å². The van der Waals surface area contributed by atoms with Crippen LogP contribution in [0.15, 0.2) is 9.52 Å². The summed E-state index contributed by atoms with van der Waals surface area (Å²) in [7, 11) is 1.82. The van der Waals surface area contributed by atoms with Gasteiger partial charge in [-0.15, -0.1) is 24.0 Å². The molecule has 1 aliphatic heterocycles. The number of rotatable bonds is 9. The third kappa shape index (κ3) is 7.97. The molecule has 0 amide bonds. The van der Waals surface area contributed by atoms with Gasteiger partial charge in [0.2, 0.25) is 0 Å². The number of aliphatic imine (C=N–C) groups is 1. The summed E-state index contributed by atoms with van der Waals surface area (Å²) >= 11 is 0. The lowest BCUT2D eigenvalue weighted by Crippen LogP contribution is -2.38. The Morgan fingerprint density at radius 3 is 2.74 bits per heavy atom. The highest BCUT2D eigenvalue weighted by molar-refractivity contribution is 14.0. The topological polar surface area (TPSA) is 65.7 Å². The van der Waals surface area contributed by atoms with Crippen molar-refractivity contribution in [1.29, 1.82) is 0 Å². The first-order valence-electron chi connectivity index (χ1n) is 10.3. The van der Waals surface area contributed by atoms with Crippen molar-refractivity contribution in [3.05, 3.63) is 17.0 Å². The molecule has 1 aromatic heterocycles. The van der Waals surface area contributed by atoms with Crippen molar-refractivity contribution in [2.45, 2.75) is 65.8 Å². The molecule has 0 aromatic carbocycles. The molecule has 156 valence electrons. The molecule has 6 nitrogen and oxygen atoms in total. The van der Waals surface area contributed by atoms with Crippen LogP contribution in [0.5, 0.6) is 0 Å². The number of nitrogens with zero attached hydrogens (tertiary/aromatic N) is 3. The van der Waals surface area contributed by atoms with E-state index >= 15 is 0 Å². The van der Waals surface area contributed by atoms with Gasteiger partial charge in [-0.3, -0.25) is 4.99 Å². The molecule has 0 bridgehead atoms. The van der Waals surface area contributed by atoms with Crippen molar-refractivity contribution >= 4 is 29.9 Å². The SMILES string of the molecule is CCc1noc(CC)c1CNC(=NC)NCCCCN1CCCC(C)C1.I. The smallest absolute Gasteiger partial charge is 0.191 e. The van der Waals surface area contributed by atoms with Gasteiger partial charge in [-0.2, -0.15) is 0 Å². The average molecular weight is 491 g/mol. The highest BCUT2D eigenvalue weighted by Gasteiger charge is 2.15. The molecule has 1 aliphatic rings. The summed E-state index contributed by atoms with van der Waals surface area (Å²) in [5.41, 5.74) is 2.22. The summed E-state index contributed by atoms with van der Waals surface area (Å²) in [5, 5.41) is 11.0. The van der Waals surface area contributed by atoms with Gasteiger partial charge in [-0.05, 0) is 51.1 Å². The fourth-order valence-corrected chi connectivity index (χ4v) is 3.69. The molecule has 2 heterocycles. The predicted molar refractivity (Wildman–Crippen MR) is 123 cm³/mol. The lowest BCUT2D eigenvalue weighted by atomic mass is 10.0. The van der Waals surface area contributed by atoms with E-state index in [-0.39, 0.29) is 24.0 Å². The van der Waals surface area contributed by atoms with Crippen molar-refractivity contribution in [2.24, 2.45) is 10.9 Å². The van der Waals surface area contributed by atoms with Crippen LogP contribution >= 0.6 is 24.0 Å². The zero-order valence-corrected chi connectivity index (χ0v) is 19.8. The summed E-state index contributed by atoms with van der Waals surface area (Å²) in [6.45, 7) is 12.0. The van der Waals surface area contributed by atoms with Crippen LogP contribution in [0.2, 0.25) is 0 Å². The second kappa shape index (κ2) is 13.4. The molecule has 1 fully saturated rings. The number of likely N-dealkylation sites (tertiary alicyclic amines) is 1. The van der Waals surface area contributed by atoms with Crippen LogP contribution in [0, 0.1) is 5.92 Å². The minimum Gasteiger partial charge on any atom is -0.361 e. The van der Waals surface area contributed by atoms with Crippen LogP contribution in [0.1, 0.15) is 63.5 Å². The lowest BCUT2D eigenvalue weighted by molar-refractivity contribution is 0.181. The van der Waals surface area contributed by atoms with Crippen molar-refractivity contribution < 1.29 is 4.52 Å². The number of unbranched alkanes of at least 4 members (excludes halogenated alkanes) is 1. The van der Waals surface area contributed by atoms with Crippen LogP contribution in [0.25, 0.3) is 0 Å². The van der Waals surface area contributed by atoms with Gasteiger partial charge in [0.25, 0.3) is 0 Å². The normalized spacial score (nSPS) is 18.2. The zero-order chi connectivity index (χ0) is 18.8. The summed E-state index contributed by atoms with van der Waals surface area (Å²) in [5.74, 6) is 2.69. The van der Waals surface area contributed by atoms with E-state index in [1.807, 2.05) is 7.05 Å². The maximum atomic E-state index is 5.43. The molecule has 2 N–H and O–H groups in total. The Labute approximate surface area is 181 Å². The zero-order valence-electron chi connectivity index (χ0n) is 17.5. The van der Waals surface area contributed by atoms with E-state index in [4.69, 9.17) is 4.52 Å². The number of aromatic nitrogens is 1. The summed E-state index contributed by atoms with van der Waals surface area (Å²) < 4.78 is 5.43. The van der Waals surface area contributed by atoms with Crippen molar-refractivity contribution in [1.82, 2.24) is 20.7 Å². The Morgan fingerprint density at radius 1 is 1.26 bits per heavy atom. The second-order valence-corrected chi connectivity index (χ2v) is 7.35. The van der Waals surface area contributed by atoms with Crippen molar-refractivity contribution in [2.75, 3.05) is 33.2 Å². The molecule has 0 saturated carbocycles. The van der Waals surface area contributed by atoms with Crippen molar-refractivity contribution in [3.8, 4) is 0 Å². The molecule has 1 saturated heterocycles. The third-order valence-corrected chi connectivity index (χ3v) is 5.20. The van der Waals surface area contributed by atoms with Gasteiger partial charge in [0.1, 0.15) is 5.76 Å². The van der Waals surface area contributed by atoms with Crippen LogP contribution in [0.4, 0.5) is 0 Å². The summed E-state index contributed by atoms with van der Waals surface area (Å²) in [4.78, 5) is 6.95. The molecule has 0 radical (unpaired) electrons. The van der Waals surface area contributed by atoms with Crippen molar-refractivity contribution in [3.63, 3.8) is 0 Å². The molecule has 1 atom stereocenters. The number of aryl methyl sites for hydroxylation is 2. The van der Waals surface area contributed by atoms with Gasteiger partial charge in [0.15, 0.2) is 5.96 Å². The fourth-order valence-electron chi connectivity index (χ4n) is 3.69. The standard InChI is InChI=1S/C20H37N5O.HI/c1-5-18-17(19(6-2)26-24-18)14-23-20(21-4)22-11-7-8-12-25-13-9-10-16(3)15-25;/h16H,5-15H2,1-4H3,(H2,21,22,23);1H. The highest BCUT2D eigenvalue weighted by Crippen LogP contribution is 2.16. The first-order valence-corrected chi connectivity index (χ1v) is 10.3. The molecular formula is C20H38IN5O. The van der Waals surface area contributed by atoms with E-state index in [1.54, 1.807) is 0 Å². The molecule has 0 aliphatic carbocycles. The van der Waals surface area contributed by atoms with E-state index in [9.17, 15) is 0 Å². The fraction of sp³-hybridized carbons (Fsp3) is 0.800. The molecule has 2 rings (SSSR count). The third-order valence-electron chi connectivity index (χ3n) is 5.20. The first kappa shape index (κ1) is 24.2. The van der Waals surface area contributed by atoms with Gasteiger partial charge < -0.3 is 20.1 Å². The largest absolute Gasteiger partial charge is 0.361 e. The van der Waals surface area contributed by atoms with Gasteiger partial charge >= 0.3 is 0 Å². The molecule has 27 heavy (non-hydrogen) atoms. The Hall–Kier alpha value is -0.830. The van der Waals surface area contributed by atoms with E-state index in [1.165, 1.54) is 50.9 Å². The Kier molecular flexibility index (Phi) is 12.0. The average Bonchev–Trinajstić information content (AvgIpc) is 3.06. The van der Waals surface area contributed by atoms with E-state index in [0.29, 0.717) is 6.54 Å². The number of piperidine rings is 1.